The van der Waals surface area contributed by atoms with Crippen molar-refractivity contribution < 1.29 is 0 Å². The van der Waals surface area contributed by atoms with E-state index in [1.54, 1.807) is 6.92 Å². The zero-order valence-corrected chi connectivity index (χ0v) is 15.8. The lowest BCUT2D eigenvalue weighted by Gasteiger charge is -2.10. The third kappa shape index (κ3) is 3.38. The van der Waals surface area contributed by atoms with Gasteiger partial charge >= 0.3 is 0 Å². The van der Waals surface area contributed by atoms with Crippen molar-refractivity contribution in [1.82, 2.24) is 19.6 Å². The van der Waals surface area contributed by atoms with Crippen LogP contribution in [0, 0.1) is 13.5 Å². The lowest BCUT2D eigenvalue weighted by molar-refractivity contribution is 0.918. The molecule has 0 radical (unpaired) electrons. The number of nitrogens with zero attached hydrogens (tertiary/aromatic N) is 5. The molecule has 0 amide bonds. The van der Waals surface area contributed by atoms with Crippen LogP contribution in [0.3, 0.4) is 0 Å². The number of alkyl halides is 1. The van der Waals surface area contributed by atoms with Crippen molar-refractivity contribution in [2.75, 3.05) is 17.6 Å². The summed E-state index contributed by atoms with van der Waals surface area (Å²) in [6, 6.07) is 5.90. The summed E-state index contributed by atoms with van der Waals surface area (Å²) in [5.74, 6) is 0.621. The van der Waals surface area contributed by atoms with Gasteiger partial charge in [0.2, 0.25) is 0 Å². The second-order valence-electron chi connectivity index (χ2n) is 5.37. The van der Waals surface area contributed by atoms with Gasteiger partial charge < -0.3 is 11.1 Å². The van der Waals surface area contributed by atoms with Gasteiger partial charge in [-0.3, -0.25) is 4.98 Å². The van der Waals surface area contributed by atoms with Crippen LogP contribution >= 0.6 is 27.5 Å². The molecule has 3 heterocycles. The number of pyridine rings is 1. The highest BCUT2D eigenvalue weighted by Gasteiger charge is 2.18. The third-order valence-corrected chi connectivity index (χ3v) is 4.68. The van der Waals surface area contributed by atoms with Gasteiger partial charge in [0.15, 0.2) is 5.65 Å². The molecular weight excluding hydrogens is 406 g/mol. The van der Waals surface area contributed by atoms with Gasteiger partial charge in [-0.2, -0.15) is 5.10 Å². The summed E-state index contributed by atoms with van der Waals surface area (Å²) >= 11 is 9.62. The number of aryl methyl sites for hydroxylation is 1. The first kappa shape index (κ1) is 17.5. The summed E-state index contributed by atoms with van der Waals surface area (Å²) in [4.78, 5) is 12.4. The van der Waals surface area contributed by atoms with Crippen molar-refractivity contribution in [3.8, 4) is 0 Å². The molecule has 3 rings (SSSR count). The van der Waals surface area contributed by atoms with E-state index in [2.05, 4.69) is 41.2 Å². The summed E-state index contributed by atoms with van der Waals surface area (Å²) < 4.78 is 1.40. The fourth-order valence-corrected chi connectivity index (χ4v) is 2.90. The summed E-state index contributed by atoms with van der Waals surface area (Å²) in [5.41, 5.74) is 9.28. The van der Waals surface area contributed by atoms with Crippen LogP contribution < -0.4 is 11.1 Å². The molecule has 0 aliphatic heterocycles. The van der Waals surface area contributed by atoms with Crippen molar-refractivity contribution in [2.24, 2.45) is 0 Å². The van der Waals surface area contributed by atoms with Crippen molar-refractivity contribution in [3.05, 3.63) is 51.7 Å². The van der Waals surface area contributed by atoms with E-state index in [0.29, 0.717) is 40.5 Å². The number of rotatable bonds is 5. The minimum Gasteiger partial charge on any atom is -0.392 e. The molecule has 0 bridgehead atoms. The Kier molecular flexibility index (Phi) is 5.06. The molecule has 0 unspecified atom stereocenters. The quantitative estimate of drug-likeness (QED) is 0.485. The minimum atomic E-state index is 0.219. The van der Waals surface area contributed by atoms with Crippen molar-refractivity contribution in [2.45, 2.75) is 18.7 Å². The molecule has 0 aliphatic carbocycles. The van der Waals surface area contributed by atoms with E-state index in [9.17, 15) is 0 Å². The number of halogens is 2. The van der Waals surface area contributed by atoms with E-state index >= 15 is 0 Å². The van der Waals surface area contributed by atoms with Gasteiger partial charge in [0, 0.05) is 24.0 Å². The number of aromatic nitrogens is 4. The Morgan fingerprint density at radius 2 is 2.12 bits per heavy atom. The highest BCUT2D eigenvalue weighted by atomic mass is 79.9. The number of nitrogens with two attached hydrogens (primary N) is 1. The van der Waals surface area contributed by atoms with Crippen LogP contribution in [0.15, 0.2) is 18.2 Å². The average Bonchev–Trinajstić information content (AvgIpc) is 2.91. The molecular formula is C16H15BrClN7. The average molecular weight is 421 g/mol. The SMILES string of the molecule is [C-]#[N+]c1c(NCCc2cccc(CBr)n2)nc2c(Cl)c(C)nn2c1N. The fraction of sp³-hybridized carbons (Fsp3) is 0.250. The Morgan fingerprint density at radius 3 is 2.84 bits per heavy atom. The van der Waals surface area contributed by atoms with Crippen LogP contribution in [0.1, 0.15) is 17.1 Å². The van der Waals surface area contributed by atoms with Crippen LogP contribution in [0.25, 0.3) is 10.5 Å². The Balaban J connectivity index is 1.85. The van der Waals surface area contributed by atoms with Crippen LogP contribution in [-0.4, -0.2) is 26.1 Å². The van der Waals surface area contributed by atoms with Gasteiger partial charge in [-0.1, -0.05) is 33.6 Å². The van der Waals surface area contributed by atoms with Gasteiger partial charge in [0.25, 0.3) is 5.69 Å². The molecule has 3 aromatic heterocycles. The van der Waals surface area contributed by atoms with E-state index in [0.717, 1.165) is 11.4 Å². The second kappa shape index (κ2) is 7.25. The van der Waals surface area contributed by atoms with Gasteiger partial charge in [-0.05, 0) is 19.1 Å². The number of fused-ring (bicyclic) bond motifs is 1. The Hall–Kier alpha value is -2.37. The molecule has 7 nitrogen and oxygen atoms in total. The monoisotopic (exact) mass is 419 g/mol. The largest absolute Gasteiger partial charge is 0.392 e. The van der Waals surface area contributed by atoms with Gasteiger partial charge in [0.05, 0.1) is 18.0 Å². The molecule has 25 heavy (non-hydrogen) atoms. The Morgan fingerprint density at radius 1 is 1.36 bits per heavy atom. The van der Waals surface area contributed by atoms with Crippen molar-refractivity contribution >= 4 is 50.5 Å². The molecule has 3 N–H and O–H groups in total. The van der Waals surface area contributed by atoms with Crippen LogP contribution in [0.4, 0.5) is 17.3 Å². The number of nitrogens with one attached hydrogen (secondary N) is 1. The molecule has 128 valence electrons. The zero-order valence-electron chi connectivity index (χ0n) is 13.4. The summed E-state index contributed by atoms with van der Waals surface area (Å²) in [6.07, 6.45) is 0.692. The highest BCUT2D eigenvalue weighted by molar-refractivity contribution is 9.08. The fourth-order valence-electron chi connectivity index (χ4n) is 2.43. The summed E-state index contributed by atoms with van der Waals surface area (Å²) in [5, 5.41) is 8.52. The lowest BCUT2D eigenvalue weighted by Crippen LogP contribution is -2.10. The predicted molar refractivity (Wildman–Crippen MR) is 102 cm³/mol. The third-order valence-electron chi connectivity index (χ3n) is 3.66. The Labute approximate surface area is 158 Å². The normalized spacial score (nSPS) is 10.8. The molecule has 3 aromatic rings. The number of nitrogen functional groups attached to an aromatic ring is 1. The molecule has 0 aromatic carbocycles. The van der Waals surface area contributed by atoms with Crippen LogP contribution in [0.2, 0.25) is 5.02 Å². The van der Waals surface area contributed by atoms with Crippen molar-refractivity contribution in [3.63, 3.8) is 0 Å². The van der Waals surface area contributed by atoms with E-state index in [4.69, 9.17) is 23.9 Å². The number of hydrogen-bond acceptors (Lipinski definition) is 5. The molecule has 0 aliphatic rings. The number of anilines is 2. The van der Waals surface area contributed by atoms with Gasteiger partial charge in [-0.25, -0.2) is 14.3 Å². The molecule has 0 fully saturated rings. The highest BCUT2D eigenvalue weighted by Crippen LogP contribution is 2.33. The number of hydrogen-bond donors (Lipinski definition) is 2. The van der Waals surface area contributed by atoms with Crippen molar-refractivity contribution in [1.29, 1.82) is 0 Å². The van der Waals surface area contributed by atoms with E-state index in [1.165, 1.54) is 4.52 Å². The smallest absolute Gasteiger partial charge is 0.268 e. The lowest BCUT2D eigenvalue weighted by atomic mass is 10.2. The Bertz CT molecular complexity index is 977. The minimum absolute atomic E-state index is 0.219. The summed E-state index contributed by atoms with van der Waals surface area (Å²) in [6.45, 7) is 9.72. The van der Waals surface area contributed by atoms with Crippen LogP contribution in [-0.2, 0) is 11.8 Å². The van der Waals surface area contributed by atoms with Gasteiger partial charge in [0.1, 0.15) is 16.7 Å². The molecule has 0 saturated heterocycles. The van der Waals surface area contributed by atoms with Gasteiger partial charge in [-0.15, -0.1) is 0 Å². The molecule has 0 spiro atoms. The van der Waals surface area contributed by atoms with E-state index in [1.807, 2.05) is 18.2 Å². The summed E-state index contributed by atoms with van der Waals surface area (Å²) in [7, 11) is 0. The maximum atomic E-state index is 7.39. The molecule has 9 heteroatoms. The van der Waals surface area contributed by atoms with E-state index < -0.39 is 0 Å². The first-order valence-corrected chi connectivity index (χ1v) is 9.01. The zero-order chi connectivity index (χ0) is 18.0. The van der Waals surface area contributed by atoms with Crippen LogP contribution in [0.5, 0.6) is 0 Å². The standard InChI is InChI=1S/C16H15BrClN7/c1-9-12(18)16-23-15(13(20-2)14(19)25(16)24-9)21-7-6-10-4-3-5-11(8-17)22-10/h3-5H,6-8,19H2,1H3,(H,21,23). The predicted octanol–water partition coefficient (Wildman–Crippen LogP) is 3.77. The first-order valence-electron chi connectivity index (χ1n) is 7.51. The topological polar surface area (TPSA) is 85.5 Å². The first-order chi connectivity index (χ1) is 12.0. The second-order valence-corrected chi connectivity index (χ2v) is 6.31. The maximum absolute atomic E-state index is 7.39. The molecule has 0 saturated carbocycles. The van der Waals surface area contributed by atoms with E-state index in [-0.39, 0.29) is 11.5 Å². The molecule has 0 atom stereocenters. The maximum Gasteiger partial charge on any atom is 0.268 e.